The molecule has 0 aromatic heterocycles. The molecule has 2 N–H and O–H groups in total. The van der Waals surface area contributed by atoms with Crippen molar-refractivity contribution in [1.29, 1.82) is 0 Å². The van der Waals surface area contributed by atoms with Crippen LogP contribution in [0.3, 0.4) is 0 Å². The highest BCUT2D eigenvalue weighted by Gasteiger charge is 2.41. The zero-order valence-corrected chi connectivity index (χ0v) is 18.2. The molecule has 2 aromatic rings. The maximum atomic E-state index is 13.3. The molecule has 3 rings (SSSR count). The molecular formula is C22H23BrN2O5. The van der Waals surface area contributed by atoms with Gasteiger partial charge in [-0.15, -0.1) is 0 Å². The van der Waals surface area contributed by atoms with E-state index >= 15 is 0 Å². The number of hydrogen-bond acceptors (Lipinski definition) is 5. The van der Waals surface area contributed by atoms with Gasteiger partial charge in [-0.25, -0.2) is 0 Å². The molecule has 2 aromatic carbocycles. The van der Waals surface area contributed by atoms with E-state index in [4.69, 9.17) is 4.74 Å². The third-order valence-electron chi connectivity index (χ3n) is 5.20. The van der Waals surface area contributed by atoms with Crippen LogP contribution in [-0.4, -0.2) is 44.7 Å². The van der Waals surface area contributed by atoms with E-state index in [1.54, 1.807) is 24.3 Å². The Morgan fingerprint density at radius 3 is 2.27 bits per heavy atom. The fourth-order valence-corrected chi connectivity index (χ4v) is 3.68. The largest absolute Gasteiger partial charge is 0.468 e. The fraction of sp³-hybridized carbons (Fsp3) is 0.318. The zero-order chi connectivity index (χ0) is 21.6. The van der Waals surface area contributed by atoms with Gasteiger partial charge in [0.25, 0.3) is 5.91 Å². The summed E-state index contributed by atoms with van der Waals surface area (Å²) >= 11 is 3.44. The first-order valence-corrected chi connectivity index (χ1v) is 10.3. The van der Waals surface area contributed by atoms with Crippen LogP contribution in [0.15, 0.2) is 53.0 Å². The molecule has 0 radical (unpaired) electrons. The second-order valence-electron chi connectivity index (χ2n) is 6.99. The van der Waals surface area contributed by atoms with Crippen molar-refractivity contribution in [2.75, 3.05) is 32.2 Å². The summed E-state index contributed by atoms with van der Waals surface area (Å²) in [6, 6.07) is 14.3. The maximum Gasteiger partial charge on any atom is 0.325 e. The average molecular weight is 475 g/mol. The lowest BCUT2D eigenvalue weighted by molar-refractivity contribution is -0.139. The lowest BCUT2D eigenvalue weighted by atomic mass is 9.73. The quantitative estimate of drug-likeness (QED) is 0.627. The van der Waals surface area contributed by atoms with Gasteiger partial charge in [-0.05, 0) is 54.8 Å². The first-order valence-electron chi connectivity index (χ1n) is 9.55. The number of carbonyl (C=O) groups is 3. The smallest absolute Gasteiger partial charge is 0.325 e. The summed E-state index contributed by atoms with van der Waals surface area (Å²) in [5.41, 5.74) is 1.25. The van der Waals surface area contributed by atoms with Crippen LogP contribution in [-0.2, 0) is 24.5 Å². The normalized spacial score (nSPS) is 15.1. The minimum absolute atomic E-state index is 0.101. The highest BCUT2D eigenvalue weighted by atomic mass is 79.9. The molecule has 0 spiro atoms. The van der Waals surface area contributed by atoms with Crippen molar-refractivity contribution in [2.24, 2.45) is 0 Å². The lowest BCUT2D eigenvalue weighted by Gasteiger charge is -2.36. The molecule has 30 heavy (non-hydrogen) atoms. The van der Waals surface area contributed by atoms with Crippen LogP contribution in [0.4, 0.5) is 5.69 Å². The number of hydrogen-bond donors (Lipinski definition) is 2. The van der Waals surface area contributed by atoms with E-state index in [2.05, 4.69) is 31.3 Å². The molecule has 0 saturated carbocycles. The predicted octanol–water partition coefficient (Wildman–Crippen LogP) is 3.04. The van der Waals surface area contributed by atoms with E-state index in [1.165, 1.54) is 7.11 Å². The second-order valence-corrected chi connectivity index (χ2v) is 7.91. The van der Waals surface area contributed by atoms with Crippen molar-refractivity contribution in [3.63, 3.8) is 0 Å². The standard InChI is InChI=1S/C22H23BrN2O5/c1-29-19(26)14-24-20(27)15-2-8-18(9-3-15)25-21(28)22(10-12-30-13-11-22)16-4-6-17(23)7-5-16/h2-9H,10-14H2,1H3,(H,24,27)(H,25,28). The van der Waals surface area contributed by atoms with Gasteiger partial charge < -0.3 is 20.1 Å². The van der Waals surface area contributed by atoms with Crippen LogP contribution < -0.4 is 10.6 Å². The van der Waals surface area contributed by atoms with Gasteiger partial charge >= 0.3 is 5.97 Å². The van der Waals surface area contributed by atoms with Crippen molar-refractivity contribution in [1.82, 2.24) is 5.32 Å². The van der Waals surface area contributed by atoms with Gasteiger partial charge in [0, 0.05) is 28.9 Å². The van der Waals surface area contributed by atoms with Crippen LogP contribution in [0.25, 0.3) is 0 Å². The molecule has 0 aliphatic carbocycles. The van der Waals surface area contributed by atoms with Crippen molar-refractivity contribution in [3.8, 4) is 0 Å². The van der Waals surface area contributed by atoms with E-state index in [9.17, 15) is 14.4 Å². The number of rotatable bonds is 6. The molecule has 0 unspecified atom stereocenters. The Hall–Kier alpha value is -2.71. The van der Waals surface area contributed by atoms with Crippen LogP contribution in [0, 0.1) is 0 Å². The summed E-state index contributed by atoms with van der Waals surface area (Å²) in [7, 11) is 1.26. The Balaban J connectivity index is 1.72. The zero-order valence-electron chi connectivity index (χ0n) is 16.6. The van der Waals surface area contributed by atoms with Crippen LogP contribution in [0.1, 0.15) is 28.8 Å². The molecular weight excluding hydrogens is 452 g/mol. The molecule has 0 bridgehead atoms. The Morgan fingerprint density at radius 2 is 1.67 bits per heavy atom. The summed E-state index contributed by atoms with van der Waals surface area (Å²) in [5, 5.41) is 5.45. The third-order valence-corrected chi connectivity index (χ3v) is 5.73. The van der Waals surface area contributed by atoms with Gasteiger partial charge in [0.15, 0.2) is 0 Å². The van der Waals surface area contributed by atoms with Gasteiger partial charge in [0.2, 0.25) is 5.91 Å². The maximum absolute atomic E-state index is 13.3. The lowest BCUT2D eigenvalue weighted by Crippen LogP contribution is -2.44. The van der Waals surface area contributed by atoms with E-state index in [0.717, 1.165) is 10.0 Å². The first kappa shape index (κ1) is 22.0. The average Bonchev–Trinajstić information content (AvgIpc) is 2.78. The number of amides is 2. The van der Waals surface area contributed by atoms with Gasteiger partial charge in [0.05, 0.1) is 12.5 Å². The molecule has 158 valence electrons. The second kappa shape index (κ2) is 9.86. The van der Waals surface area contributed by atoms with Gasteiger partial charge in [-0.2, -0.15) is 0 Å². The topological polar surface area (TPSA) is 93.7 Å². The number of methoxy groups -OCH3 is 1. The highest BCUT2D eigenvalue weighted by Crippen LogP contribution is 2.36. The molecule has 0 atom stereocenters. The summed E-state index contributed by atoms with van der Waals surface area (Å²) in [4.78, 5) is 36.5. The minimum Gasteiger partial charge on any atom is -0.468 e. The van der Waals surface area contributed by atoms with E-state index in [-0.39, 0.29) is 12.5 Å². The van der Waals surface area contributed by atoms with Crippen molar-refractivity contribution >= 4 is 39.4 Å². The number of halogens is 1. The molecule has 2 amide bonds. The van der Waals surface area contributed by atoms with Crippen molar-refractivity contribution in [3.05, 3.63) is 64.1 Å². The monoisotopic (exact) mass is 474 g/mol. The van der Waals surface area contributed by atoms with Crippen LogP contribution in [0.5, 0.6) is 0 Å². The molecule has 1 aliphatic heterocycles. The summed E-state index contributed by atoms with van der Waals surface area (Å²) in [6.07, 6.45) is 1.18. The molecule has 8 heteroatoms. The molecule has 1 saturated heterocycles. The molecule has 1 aliphatic rings. The number of carbonyl (C=O) groups excluding carboxylic acids is 3. The van der Waals surface area contributed by atoms with E-state index in [0.29, 0.717) is 37.3 Å². The van der Waals surface area contributed by atoms with Crippen molar-refractivity contribution in [2.45, 2.75) is 18.3 Å². The predicted molar refractivity (Wildman–Crippen MR) is 115 cm³/mol. The fourth-order valence-electron chi connectivity index (χ4n) is 3.42. The SMILES string of the molecule is COC(=O)CNC(=O)c1ccc(NC(=O)C2(c3ccc(Br)cc3)CCOCC2)cc1. The van der Waals surface area contributed by atoms with Crippen LogP contribution >= 0.6 is 15.9 Å². The third kappa shape index (κ3) is 5.06. The van der Waals surface area contributed by atoms with Gasteiger partial charge in [-0.3, -0.25) is 14.4 Å². The van der Waals surface area contributed by atoms with Crippen LogP contribution in [0.2, 0.25) is 0 Å². The number of nitrogens with one attached hydrogen (secondary N) is 2. The Bertz CT molecular complexity index is 906. The summed E-state index contributed by atoms with van der Waals surface area (Å²) in [5.74, 6) is -1.02. The van der Waals surface area contributed by atoms with E-state index < -0.39 is 17.3 Å². The first-order chi connectivity index (χ1) is 14.4. The molecule has 7 nitrogen and oxygen atoms in total. The number of anilines is 1. The summed E-state index contributed by atoms with van der Waals surface area (Å²) < 4.78 is 10.9. The Labute approximate surface area is 183 Å². The van der Waals surface area contributed by atoms with E-state index in [1.807, 2.05) is 24.3 Å². The summed E-state index contributed by atoms with van der Waals surface area (Å²) in [6.45, 7) is 0.831. The Morgan fingerprint density at radius 1 is 1.03 bits per heavy atom. The van der Waals surface area contributed by atoms with Gasteiger partial charge in [0.1, 0.15) is 6.54 Å². The minimum atomic E-state index is -0.671. The number of esters is 1. The molecule has 1 heterocycles. The van der Waals surface area contributed by atoms with Crippen molar-refractivity contribution < 1.29 is 23.9 Å². The highest BCUT2D eigenvalue weighted by molar-refractivity contribution is 9.10. The number of ether oxygens (including phenoxy) is 2. The van der Waals surface area contributed by atoms with Gasteiger partial charge in [-0.1, -0.05) is 28.1 Å². The molecule has 1 fully saturated rings. The number of benzene rings is 2. The Kier molecular flexibility index (Phi) is 7.23.